The van der Waals surface area contributed by atoms with Crippen molar-refractivity contribution in [2.75, 3.05) is 0 Å². The Morgan fingerprint density at radius 3 is 1.61 bits per heavy atom. The first kappa shape index (κ1) is 29.7. The maximum absolute atomic E-state index is 12.2. The van der Waals surface area contributed by atoms with Crippen molar-refractivity contribution < 1.29 is 9.53 Å². The Bertz CT molecular complexity index is 1020. The van der Waals surface area contributed by atoms with Crippen LogP contribution in [-0.2, 0) is 17.6 Å². The van der Waals surface area contributed by atoms with Crippen LogP contribution in [0.25, 0.3) is 11.1 Å². The molecule has 0 saturated heterocycles. The summed E-state index contributed by atoms with van der Waals surface area (Å²) in [6, 6.07) is 27.5. The Morgan fingerprint density at radius 1 is 0.605 bits per heavy atom. The summed E-state index contributed by atoms with van der Waals surface area (Å²) in [4.78, 5) is 12.2. The lowest BCUT2D eigenvalue weighted by molar-refractivity contribution is 0.0319. The molecule has 0 spiro atoms. The van der Waals surface area contributed by atoms with Gasteiger partial charge in [-0.15, -0.1) is 0 Å². The van der Waals surface area contributed by atoms with E-state index in [9.17, 15) is 4.79 Å². The second kappa shape index (κ2) is 17.6. The molecule has 1 unspecified atom stereocenters. The Kier molecular flexibility index (Phi) is 13.8. The number of esters is 1. The van der Waals surface area contributed by atoms with Crippen LogP contribution < -0.4 is 0 Å². The van der Waals surface area contributed by atoms with Gasteiger partial charge in [-0.25, -0.2) is 4.79 Å². The minimum atomic E-state index is -0.226. The highest BCUT2D eigenvalue weighted by Gasteiger charge is 2.11. The largest absolute Gasteiger partial charge is 0.459 e. The van der Waals surface area contributed by atoms with E-state index >= 15 is 0 Å². The standard InChI is InChI=1S/C36H48O2/c1-3-4-5-6-7-8-9-13-18-31-22-26-33(27-23-31)34-28-24-32(25-29-34)19-14-10-12-17-30(2)38-36(37)35-20-15-11-16-21-35/h11,15-16,20-30H,3-10,12-14,17-19H2,1-2H3. The summed E-state index contributed by atoms with van der Waals surface area (Å²) < 4.78 is 5.57. The second-order valence-corrected chi connectivity index (χ2v) is 10.8. The van der Waals surface area contributed by atoms with E-state index in [4.69, 9.17) is 4.74 Å². The molecule has 3 rings (SSSR count). The molecule has 2 heteroatoms. The quantitative estimate of drug-likeness (QED) is 0.125. The highest BCUT2D eigenvalue weighted by atomic mass is 16.5. The van der Waals surface area contributed by atoms with Gasteiger partial charge in [0.25, 0.3) is 0 Å². The Morgan fingerprint density at radius 2 is 1.08 bits per heavy atom. The molecule has 0 bridgehead atoms. The molecule has 1 atom stereocenters. The molecule has 0 aromatic heterocycles. The van der Waals surface area contributed by atoms with Crippen molar-refractivity contribution in [2.24, 2.45) is 0 Å². The molecule has 38 heavy (non-hydrogen) atoms. The van der Waals surface area contributed by atoms with Gasteiger partial charge in [-0.05, 0) is 79.8 Å². The Balaban J connectivity index is 1.29. The van der Waals surface area contributed by atoms with E-state index in [1.807, 2.05) is 25.1 Å². The van der Waals surface area contributed by atoms with Crippen LogP contribution in [0.1, 0.15) is 112 Å². The van der Waals surface area contributed by atoms with Gasteiger partial charge in [-0.2, -0.15) is 0 Å². The summed E-state index contributed by atoms with van der Waals surface area (Å²) in [5, 5.41) is 0. The average Bonchev–Trinajstić information content (AvgIpc) is 2.95. The van der Waals surface area contributed by atoms with Crippen LogP contribution in [0.5, 0.6) is 0 Å². The third-order valence-corrected chi connectivity index (χ3v) is 7.45. The highest BCUT2D eigenvalue weighted by molar-refractivity contribution is 5.89. The van der Waals surface area contributed by atoms with Crippen LogP contribution in [0.3, 0.4) is 0 Å². The SMILES string of the molecule is CCCCCCCCCCc1ccc(-c2ccc(CCCCCC(C)OC(=O)c3ccccc3)cc2)cc1. The maximum atomic E-state index is 12.2. The molecule has 0 amide bonds. The molecule has 0 aliphatic carbocycles. The third kappa shape index (κ3) is 11.3. The van der Waals surface area contributed by atoms with Gasteiger partial charge in [0.2, 0.25) is 0 Å². The van der Waals surface area contributed by atoms with Crippen LogP contribution in [-0.4, -0.2) is 12.1 Å². The lowest BCUT2D eigenvalue weighted by Gasteiger charge is -2.13. The predicted molar refractivity (Wildman–Crippen MR) is 162 cm³/mol. The van der Waals surface area contributed by atoms with Crippen molar-refractivity contribution in [2.45, 2.75) is 110 Å². The van der Waals surface area contributed by atoms with Gasteiger partial charge in [0.1, 0.15) is 0 Å². The molecular formula is C36H48O2. The summed E-state index contributed by atoms with van der Waals surface area (Å²) in [7, 11) is 0. The van der Waals surface area contributed by atoms with E-state index in [-0.39, 0.29) is 12.1 Å². The van der Waals surface area contributed by atoms with Crippen LogP contribution in [0.15, 0.2) is 78.9 Å². The van der Waals surface area contributed by atoms with E-state index < -0.39 is 0 Å². The van der Waals surface area contributed by atoms with Crippen LogP contribution in [0.4, 0.5) is 0 Å². The fourth-order valence-electron chi connectivity index (χ4n) is 5.01. The topological polar surface area (TPSA) is 26.3 Å². The zero-order chi connectivity index (χ0) is 26.8. The van der Waals surface area contributed by atoms with Gasteiger partial charge in [0.05, 0.1) is 11.7 Å². The minimum Gasteiger partial charge on any atom is -0.459 e. The smallest absolute Gasteiger partial charge is 0.338 e. The van der Waals surface area contributed by atoms with Crippen molar-refractivity contribution >= 4 is 5.97 Å². The number of ether oxygens (including phenoxy) is 1. The Labute approximate surface area is 231 Å². The fourth-order valence-corrected chi connectivity index (χ4v) is 5.01. The third-order valence-electron chi connectivity index (χ3n) is 7.45. The summed E-state index contributed by atoms with van der Waals surface area (Å²) in [6.45, 7) is 4.27. The van der Waals surface area contributed by atoms with Gasteiger partial charge in [-0.1, -0.05) is 125 Å². The number of rotatable bonds is 18. The van der Waals surface area contributed by atoms with E-state index in [1.165, 1.54) is 80.0 Å². The van der Waals surface area contributed by atoms with Crippen LogP contribution in [0.2, 0.25) is 0 Å². The van der Waals surface area contributed by atoms with Crippen molar-refractivity contribution in [3.8, 4) is 11.1 Å². The lowest BCUT2D eigenvalue weighted by atomic mass is 9.98. The fraction of sp³-hybridized carbons (Fsp3) is 0.472. The number of hydrogen-bond acceptors (Lipinski definition) is 2. The van der Waals surface area contributed by atoms with Crippen molar-refractivity contribution in [3.05, 3.63) is 95.6 Å². The van der Waals surface area contributed by atoms with Gasteiger partial charge < -0.3 is 4.74 Å². The summed E-state index contributed by atoms with van der Waals surface area (Å²) >= 11 is 0. The summed E-state index contributed by atoms with van der Waals surface area (Å²) in [5.41, 5.74) is 6.07. The minimum absolute atomic E-state index is 0.0475. The lowest BCUT2D eigenvalue weighted by Crippen LogP contribution is -2.14. The van der Waals surface area contributed by atoms with Gasteiger partial charge in [0.15, 0.2) is 0 Å². The first-order valence-corrected chi connectivity index (χ1v) is 15.1. The maximum Gasteiger partial charge on any atom is 0.338 e. The molecule has 0 saturated carbocycles. The zero-order valence-electron chi connectivity index (χ0n) is 23.8. The summed E-state index contributed by atoms with van der Waals surface area (Å²) in [6.07, 6.45) is 17.5. The Hall–Kier alpha value is -2.87. The second-order valence-electron chi connectivity index (χ2n) is 10.8. The number of carbonyl (C=O) groups is 1. The molecule has 0 N–H and O–H groups in total. The van der Waals surface area contributed by atoms with Crippen molar-refractivity contribution in [1.29, 1.82) is 0 Å². The highest BCUT2D eigenvalue weighted by Crippen LogP contribution is 2.22. The molecule has 0 aliphatic heterocycles. The monoisotopic (exact) mass is 512 g/mol. The van der Waals surface area contributed by atoms with Gasteiger partial charge in [-0.3, -0.25) is 0 Å². The zero-order valence-corrected chi connectivity index (χ0v) is 23.8. The number of benzene rings is 3. The molecule has 3 aromatic carbocycles. The van der Waals surface area contributed by atoms with Gasteiger partial charge in [0, 0.05) is 0 Å². The molecule has 0 radical (unpaired) electrons. The summed E-state index contributed by atoms with van der Waals surface area (Å²) in [5.74, 6) is -0.226. The van der Waals surface area contributed by atoms with Crippen molar-refractivity contribution in [3.63, 3.8) is 0 Å². The average molecular weight is 513 g/mol. The molecule has 0 fully saturated rings. The van der Waals surface area contributed by atoms with E-state index in [0.717, 1.165) is 32.1 Å². The van der Waals surface area contributed by atoms with E-state index in [0.29, 0.717) is 5.56 Å². The van der Waals surface area contributed by atoms with E-state index in [1.54, 1.807) is 12.1 Å². The first-order valence-electron chi connectivity index (χ1n) is 15.1. The van der Waals surface area contributed by atoms with Crippen molar-refractivity contribution in [1.82, 2.24) is 0 Å². The van der Waals surface area contributed by atoms with Gasteiger partial charge >= 0.3 is 5.97 Å². The number of aryl methyl sites for hydroxylation is 2. The first-order chi connectivity index (χ1) is 18.7. The molecular weight excluding hydrogens is 464 g/mol. The van der Waals surface area contributed by atoms with Crippen LogP contribution in [0, 0.1) is 0 Å². The van der Waals surface area contributed by atoms with E-state index in [2.05, 4.69) is 55.5 Å². The number of unbranched alkanes of at least 4 members (excludes halogenated alkanes) is 9. The number of hydrogen-bond donors (Lipinski definition) is 0. The molecule has 3 aromatic rings. The molecule has 0 heterocycles. The number of carbonyl (C=O) groups excluding carboxylic acids is 1. The molecule has 2 nitrogen and oxygen atoms in total. The predicted octanol–water partition coefficient (Wildman–Crippen LogP) is 10.4. The molecule has 0 aliphatic rings. The van der Waals surface area contributed by atoms with Crippen LogP contribution >= 0.6 is 0 Å². The molecule has 204 valence electrons. The normalized spacial score (nSPS) is 11.8.